The minimum Gasteiger partial charge on any atom is -0.450 e. The molecule has 26 heavy (non-hydrogen) atoms. The number of halogens is 2. The van der Waals surface area contributed by atoms with Gasteiger partial charge in [-0.1, -0.05) is 39.7 Å². The zero-order valence-corrected chi connectivity index (χ0v) is 15.8. The van der Waals surface area contributed by atoms with E-state index in [1.807, 2.05) is 0 Å². The van der Waals surface area contributed by atoms with E-state index in [9.17, 15) is 14.7 Å². The molecule has 1 aliphatic heterocycles. The number of amides is 1. The van der Waals surface area contributed by atoms with Gasteiger partial charge in [0.2, 0.25) is 5.76 Å². The number of hydrogen-bond donors (Lipinski definition) is 1. The molecule has 0 aliphatic carbocycles. The van der Waals surface area contributed by atoms with Gasteiger partial charge < -0.3 is 14.4 Å². The number of carbonyl (C=O) groups is 1. The fraction of sp³-hybridized carbons (Fsp3) is 0.158. The van der Waals surface area contributed by atoms with Gasteiger partial charge in [0.1, 0.15) is 5.58 Å². The third-order valence-corrected chi connectivity index (χ3v) is 5.16. The SMILES string of the molecule is O=C1c2oc3ccc(Br)cc3c(=O)c2C(c2cccc(Cl)c2)N1CCO. The summed E-state index contributed by atoms with van der Waals surface area (Å²) in [5.41, 5.74) is 1.05. The number of aliphatic hydroxyl groups is 1. The van der Waals surface area contributed by atoms with Crippen molar-refractivity contribution in [3.05, 3.63) is 79.1 Å². The number of fused-ring (bicyclic) bond motifs is 2. The molecule has 1 amide bonds. The average Bonchev–Trinajstić information content (AvgIpc) is 2.89. The van der Waals surface area contributed by atoms with Crippen LogP contribution in [-0.2, 0) is 0 Å². The van der Waals surface area contributed by atoms with Gasteiger partial charge in [-0.25, -0.2) is 0 Å². The maximum absolute atomic E-state index is 13.2. The van der Waals surface area contributed by atoms with E-state index in [4.69, 9.17) is 16.0 Å². The van der Waals surface area contributed by atoms with Crippen LogP contribution in [0.15, 0.2) is 56.1 Å². The molecular formula is C19H13BrClNO4. The summed E-state index contributed by atoms with van der Waals surface area (Å²) < 4.78 is 6.53. The fourth-order valence-corrected chi connectivity index (χ4v) is 3.91. The van der Waals surface area contributed by atoms with Crippen molar-refractivity contribution in [2.24, 2.45) is 0 Å². The summed E-state index contributed by atoms with van der Waals surface area (Å²) in [4.78, 5) is 27.5. The Bertz CT molecular complexity index is 1090. The largest absolute Gasteiger partial charge is 0.450 e. The van der Waals surface area contributed by atoms with Crippen molar-refractivity contribution in [2.45, 2.75) is 6.04 Å². The zero-order chi connectivity index (χ0) is 18.4. The molecule has 1 atom stereocenters. The van der Waals surface area contributed by atoms with Gasteiger partial charge >= 0.3 is 0 Å². The van der Waals surface area contributed by atoms with E-state index < -0.39 is 11.9 Å². The van der Waals surface area contributed by atoms with E-state index in [0.29, 0.717) is 21.6 Å². The molecule has 1 aliphatic rings. The number of nitrogens with zero attached hydrogens (tertiary/aromatic N) is 1. The highest BCUT2D eigenvalue weighted by Crippen LogP contribution is 2.38. The number of aliphatic hydroxyl groups excluding tert-OH is 1. The van der Waals surface area contributed by atoms with Gasteiger partial charge in [-0.3, -0.25) is 9.59 Å². The first kappa shape index (κ1) is 17.3. The van der Waals surface area contributed by atoms with Gasteiger partial charge in [0.25, 0.3) is 5.91 Å². The molecule has 0 saturated carbocycles. The third kappa shape index (κ3) is 2.65. The Balaban J connectivity index is 2.03. The molecule has 0 fully saturated rings. The smallest absolute Gasteiger partial charge is 0.290 e. The monoisotopic (exact) mass is 433 g/mol. The number of carbonyl (C=O) groups excluding carboxylic acids is 1. The predicted octanol–water partition coefficient (Wildman–Crippen LogP) is 3.75. The summed E-state index contributed by atoms with van der Waals surface area (Å²) >= 11 is 9.46. The maximum atomic E-state index is 13.2. The van der Waals surface area contributed by atoms with E-state index in [1.54, 1.807) is 42.5 Å². The van der Waals surface area contributed by atoms with Crippen molar-refractivity contribution in [1.29, 1.82) is 0 Å². The summed E-state index contributed by atoms with van der Waals surface area (Å²) in [6.07, 6.45) is 0. The van der Waals surface area contributed by atoms with Crippen LogP contribution in [0.2, 0.25) is 5.02 Å². The number of hydrogen-bond acceptors (Lipinski definition) is 4. The highest BCUT2D eigenvalue weighted by atomic mass is 79.9. The van der Waals surface area contributed by atoms with E-state index in [0.717, 1.165) is 4.47 Å². The normalized spacial score (nSPS) is 16.3. The van der Waals surface area contributed by atoms with Gasteiger partial charge in [0.15, 0.2) is 5.43 Å². The molecular weight excluding hydrogens is 422 g/mol. The third-order valence-electron chi connectivity index (χ3n) is 4.43. The first-order valence-corrected chi connectivity index (χ1v) is 9.12. The fourth-order valence-electron chi connectivity index (χ4n) is 3.35. The highest BCUT2D eigenvalue weighted by molar-refractivity contribution is 9.10. The van der Waals surface area contributed by atoms with Crippen LogP contribution in [0, 0.1) is 0 Å². The minimum absolute atomic E-state index is 0.0169. The van der Waals surface area contributed by atoms with Crippen LogP contribution in [0.1, 0.15) is 27.7 Å². The van der Waals surface area contributed by atoms with Gasteiger partial charge in [-0.2, -0.15) is 0 Å². The first-order chi connectivity index (χ1) is 12.5. The number of β-amino-alcohol motifs (C(OH)–C–C–N with tert-alkyl or cyclic N) is 1. The van der Waals surface area contributed by atoms with Crippen LogP contribution in [-0.4, -0.2) is 29.1 Å². The van der Waals surface area contributed by atoms with E-state index >= 15 is 0 Å². The van der Waals surface area contributed by atoms with Crippen molar-refractivity contribution in [3.63, 3.8) is 0 Å². The Hall–Kier alpha value is -2.15. The predicted molar refractivity (Wildman–Crippen MR) is 102 cm³/mol. The second kappa shape index (κ2) is 6.54. The van der Waals surface area contributed by atoms with E-state index in [2.05, 4.69) is 15.9 Å². The molecule has 0 radical (unpaired) electrons. The Kier molecular flexibility index (Phi) is 4.34. The Labute approximate surface area is 161 Å². The molecule has 3 aromatic rings. The van der Waals surface area contributed by atoms with Crippen molar-refractivity contribution < 1.29 is 14.3 Å². The molecule has 7 heteroatoms. The zero-order valence-electron chi connectivity index (χ0n) is 13.4. The summed E-state index contributed by atoms with van der Waals surface area (Å²) in [6.45, 7) is -0.143. The number of rotatable bonds is 3. The Morgan fingerprint density at radius 1 is 1.19 bits per heavy atom. The van der Waals surface area contributed by atoms with Gasteiger partial charge in [-0.05, 0) is 35.9 Å². The minimum atomic E-state index is -0.650. The van der Waals surface area contributed by atoms with Crippen LogP contribution >= 0.6 is 27.5 Å². The average molecular weight is 435 g/mol. The molecule has 1 aromatic heterocycles. The molecule has 4 rings (SSSR count). The molecule has 0 spiro atoms. The van der Waals surface area contributed by atoms with Crippen molar-refractivity contribution in [1.82, 2.24) is 4.90 Å². The van der Waals surface area contributed by atoms with Crippen LogP contribution < -0.4 is 5.43 Å². The molecule has 132 valence electrons. The standard InChI is InChI=1S/C19H13BrClNO4/c20-11-4-5-14-13(9-11)17(24)15-16(10-2-1-3-12(21)8-10)22(6-7-23)19(25)18(15)26-14/h1-5,8-9,16,23H,6-7H2. The van der Waals surface area contributed by atoms with Gasteiger partial charge in [-0.15, -0.1) is 0 Å². The number of benzene rings is 2. The lowest BCUT2D eigenvalue weighted by molar-refractivity contribution is 0.0691. The molecule has 1 unspecified atom stereocenters. The summed E-state index contributed by atoms with van der Waals surface area (Å²) in [5.74, 6) is -0.399. The van der Waals surface area contributed by atoms with Crippen molar-refractivity contribution in [2.75, 3.05) is 13.2 Å². The Morgan fingerprint density at radius 2 is 2.00 bits per heavy atom. The van der Waals surface area contributed by atoms with Crippen LogP contribution in [0.4, 0.5) is 0 Å². The summed E-state index contributed by atoms with van der Waals surface area (Å²) in [7, 11) is 0. The lowest BCUT2D eigenvalue weighted by Gasteiger charge is -2.24. The molecule has 2 heterocycles. The van der Waals surface area contributed by atoms with Crippen molar-refractivity contribution >= 4 is 44.4 Å². The quantitative estimate of drug-likeness (QED) is 0.682. The second-order valence-electron chi connectivity index (χ2n) is 5.99. The lowest BCUT2D eigenvalue weighted by Crippen LogP contribution is -2.32. The summed E-state index contributed by atoms with van der Waals surface area (Å²) in [5, 5.41) is 10.3. The van der Waals surface area contributed by atoms with E-state index in [-0.39, 0.29) is 29.9 Å². The van der Waals surface area contributed by atoms with Crippen LogP contribution in [0.5, 0.6) is 0 Å². The van der Waals surface area contributed by atoms with Gasteiger partial charge in [0.05, 0.1) is 23.6 Å². The van der Waals surface area contributed by atoms with Gasteiger partial charge in [0, 0.05) is 16.0 Å². The topological polar surface area (TPSA) is 70.8 Å². The lowest BCUT2D eigenvalue weighted by atomic mass is 9.98. The second-order valence-corrected chi connectivity index (χ2v) is 7.35. The summed E-state index contributed by atoms with van der Waals surface area (Å²) in [6, 6.07) is 11.4. The molecule has 1 N–H and O–H groups in total. The molecule has 5 nitrogen and oxygen atoms in total. The van der Waals surface area contributed by atoms with Crippen molar-refractivity contribution in [3.8, 4) is 0 Å². The molecule has 0 saturated heterocycles. The van der Waals surface area contributed by atoms with Crippen LogP contribution in [0.3, 0.4) is 0 Å². The maximum Gasteiger partial charge on any atom is 0.290 e. The molecule has 0 bridgehead atoms. The highest BCUT2D eigenvalue weighted by Gasteiger charge is 2.42. The van der Waals surface area contributed by atoms with E-state index in [1.165, 1.54) is 4.90 Å². The Morgan fingerprint density at radius 3 is 2.73 bits per heavy atom. The molecule has 2 aromatic carbocycles. The van der Waals surface area contributed by atoms with Crippen LogP contribution in [0.25, 0.3) is 11.0 Å². The first-order valence-electron chi connectivity index (χ1n) is 7.95.